The normalized spacial score (nSPS) is 10.7. The van der Waals surface area contributed by atoms with Gasteiger partial charge in [-0.2, -0.15) is 0 Å². The van der Waals surface area contributed by atoms with E-state index in [1.54, 1.807) is 18.2 Å². The van der Waals surface area contributed by atoms with E-state index in [4.69, 9.17) is 0 Å². The van der Waals surface area contributed by atoms with Crippen molar-refractivity contribution in [1.82, 2.24) is 9.97 Å². The van der Waals surface area contributed by atoms with Crippen LogP contribution in [0, 0.1) is 10.1 Å². The molecule has 1 aromatic carbocycles. The van der Waals surface area contributed by atoms with Gasteiger partial charge in [-0.1, -0.05) is 26.0 Å². The molecule has 0 radical (unpaired) electrons. The average molecular weight is 351 g/mol. The molecule has 0 amide bonds. The van der Waals surface area contributed by atoms with Gasteiger partial charge in [0.05, 0.1) is 4.92 Å². The summed E-state index contributed by atoms with van der Waals surface area (Å²) in [5.74, 6) is 1.65. The van der Waals surface area contributed by atoms with E-state index in [0.29, 0.717) is 17.0 Å². The maximum Gasteiger partial charge on any atom is 0.269 e. The number of aromatic nitrogens is 2. The Hall–Kier alpha value is -2.02. The fourth-order valence-electron chi connectivity index (χ4n) is 1.76. The molecule has 6 nitrogen and oxygen atoms in total. The van der Waals surface area contributed by atoms with E-state index in [-0.39, 0.29) is 11.6 Å². The average Bonchev–Trinajstić information content (AvgIpc) is 2.45. The number of hydrogen-bond acceptors (Lipinski definition) is 5. The SMILES string of the molecule is CC(C)c1nc(Br)cc(NCc2cccc([N+](=O)[O-])c2)n1. The number of hydrogen-bond donors (Lipinski definition) is 1. The molecule has 0 unspecified atom stereocenters. The highest BCUT2D eigenvalue weighted by molar-refractivity contribution is 9.10. The van der Waals surface area contributed by atoms with Gasteiger partial charge < -0.3 is 5.32 Å². The summed E-state index contributed by atoms with van der Waals surface area (Å²) in [5.41, 5.74) is 0.908. The number of halogens is 1. The van der Waals surface area contributed by atoms with Gasteiger partial charge in [-0.3, -0.25) is 10.1 Å². The molecule has 1 heterocycles. The molecule has 0 saturated heterocycles. The van der Waals surface area contributed by atoms with E-state index in [1.807, 2.05) is 19.9 Å². The Kier molecular flexibility index (Phi) is 4.85. The van der Waals surface area contributed by atoms with Crippen LogP contribution in [0.4, 0.5) is 11.5 Å². The van der Waals surface area contributed by atoms with Crippen molar-refractivity contribution in [1.29, 1.82) is 0 Å². The number of benzene rings is 1. The van der Waals surface area contributed by atoms with Gasteiger partial charge in [-0.15, -0.1) is 0 Å². The molecule has 0 fully saturated rings. The Morgan fingerprint density at radius 1 is 1.33 bits per heavy atom. The van der Waals surface area contributed by atoms with Crippen molar-refractivity contribution >= 4 is 27.4 Å². The second-order valence-electron chi connectivity index (χ2n) is 4.87. The van der Waals surface area contributed by atoms with Gasteiger partial charge in [0.15, 0.2) is 0 Å². The molecule has 0 spiro atoms. The van der Waals surface area contributed by atoms with Crippen LogP contribution in [0.2, 0.25) is 0 Å². The lowest BCUT2D eigenvalue weighted by atomic mass is 10.2. The smallest absolute Gasteiger partial charge is 0.269 e. The summed E-state index contributed by atoms with van der Waals surface area (Å²) in [7, 11) is 0. The molecule has 21 heavy (non-hydrogen) atoms. The molecule has 0 atom stereocenters. The highest BCUT2D eigenvalue weighted by Gasteiger charge is 2.08. The number of nitro benzene ring substituents is 1. The molecule has 2 aromatic rings. The van der Waals surface area contributed by atoms with Crippen molar-refractivity contribution in [3.63, 3.8) is 0 Å². The Morgan fingerprint density at radius 3 is 2.76 bits per heavy atom. The summed E-state index contributed by atoms with van der Waals surface area (Å²) >= 11 is 3.36. The molecule has 0 aliphatic heterocycles. The van der Waals surface area contributed by atoms with Gasteiger partial charge in [-0.25, -0.2) is 9.97 Å². The van der Waals surface area contributed by atoms with Crippen LogP contribution in [0.15, 0.2) is 34.9 Å². The molecule has 1 N–H and O–H groups in total. The Labute approximate surface area is 130 Å². The predicted octanol–water partition coefficient (Wildman–Crippen LogP) is 3.88. The molecular formula is C14H15BrN4O2. The monoisotopic (exact) mass is 350 g/mol. The second-order valence-corrected chi connectivity index (χ2v) is 5.68. The van der Waals surface area contributed by atoms with Crippen LogP contribution >= 0.6 is 15.9 Å². The summed E-state index contributed by atoms with van der Waals surface area (Å²) in [6, 6.07) is 8.31. The number of non-ortho nitro benzene ring substituents is 1. The number of nitrogens with zero attached hydrogens (tertiary/aromatic N) is 3. The first-order valence-electron chi connectivity index (χ1n) is 6.47. The van der Waals surface area contributed by atoms with E-state index in [2.05, 4.69) is 31.2 Å². The second kappa shape index (κ2) is 6.62. The van der Waals surface area contributed by atoms with Crippen LogP contribution in [0.1, 0.15) is 31.2 Å². The minimum Gasteiger partial charge on any atom is -0.366 e. The highest BCUT2D eigenvalue weighted by Crippen LogP contribution is 2.19. The predicted molar refractivity (Wildman–Crippen MR) is 84.2 cm³/mol. The third kappa shape index (κ3) is 4.22. The van der Waals surface area contributed by atoms with Crippen molar-refractivity contribution in [2.75, 3.05) is 5.32 Å². The zero-order valence-corrected chi connectivity index (χ0v) is 13.3. The largest absolute Gasteiger partial charge is 0.366 e. The topological polar surface area (TPSA) is 81.0 Å². The van der Waals surface area contributed by atoms with E-state index in [9.17, 15) is 10.1 Å². The van der Waals surface area contributed by atoms with Crippen LogP contribution in [0.3, 0.4) is 0 Å². The van der Waals surface area contributed by atoms with Crippen molar-refractivity contribution in [3.05, 3.63) is 56.4 Å². The maximum absolute atomic E-state index is 10.7. The first kappa shape index (κ1) is 15.4. The van der Waals surface area contributed by atoms with Crippen LogP contribution in [-0.4, -0.2) is 14.9 Å². The summed E-state index contributed by atoms with van der Waals surface area (Å²) < 4.78 is 0.711. The first-order valence-corrected chi connectivity index (χ1v) is 7.26. The van der Waals surface area contributed by atoms with Crippen molar-refractivity contribution in [2.24, 2.45) is 0 Å². The van der Waals surface area contributed by atoms with Gasteiger partial charge in [0.2, 0.25) is 0 Å². The lowest BCUT2D eigenvalue weighted by molar-refractivity contribution is -0.384. The molecule has 1 aromatic heterocycles. The summed E-state index contributed by atoms with van der Waals surface area (Å²) in [6.45, 7) is 4.50. The zero-order valence-electron chi connectivity index (χ0n) is 11.7. The number of nitro groups is 1. The minimum absolute atomic E-state index is 0.0843. The van der Waals surface area contributed by atoms with Gasteiger partial charge in [0, 0.05) is 30.7 Å². The van der Waals surface area contributed by atoms with Gasteiger partial charge in [0.1, 0.15) is 16.2 Å². The number of nitrogens with one attached hydrogen (secondary N) is 1. The molecule has 0 aliphatic rings. The van der Waals surface area contributed by atoms with Crippen LogP contribution < -0.4 is 5.32 Å². The Balaban J connectivity index is 2.13. The van der Waals surface area contributed by atoms with E-state index < -0.39 is 4.92 Å². The molecule has 0 bridgehead atoms. The zero-order chi connectivity index (χ0) is 15.4. The van der Waals surface area contributed by atoms with Crippen molar-refractivity contribution < 1.29 is 4.92 Å². The van der Waals surface area contributed by atoms with E-state index in [1.165, 1.54) is 6.07 Å². The molecular weight excluding hydrogens is 336 g/mol. The van der Waals surface area contributed by atoms with Crippen molar-refractivity contribution in [3.8, 4) is 0 Å². The van der Waals surface area contributed by atoms with Gasteiger partial charge in [-0.05, 0) is 21.5 Å². The first-order chi connectivity index (χ1) is 9.95. The summed E-state index contributed by atoms with van der Waals surface area (Å²) in [4.78, 5) is 19.1. The lowest BCUT2D eigenvalue weighted by Crippen LogP contribution is -2.06. The summed E-state index contributed by atoms with van der Waals surface area (Å²) in [5, 5.41) is 13.9. The molecule has 7 heteroatoms. The fraction of sp³-hybridized carbons (Fsp3) is 0.286. The van der Waals surface area contributed by atoms with E-state index in [0.717, 1.165) is 11.4 Å². The molecule has 0 aliphatic carbocycles. The maximum atomic E-state index is 10.7. The highest BCUT2D eigenvalue weighted by atomic mass is 79.9. The van der Waals surface area contributed by atoms with Gasteiger partial charge in [0.25, 0.3) is 5.69 Å². The third-order valence-electron chi connectivity index (χ3n) is 2.82. The Morgan fingerprint density at radius 2 is 2.10 bits per heavy atom. The Bertz CT molecular complexity index is 661. The van der Waals surface area contributed by atoms with E-state index >= 15 is 0 Å². The van der Waals surface area contributed by atoms with Gasteiger partial charge >= 0.3 is 0 Å². The number of anilines is 1. The summed E-state index contributed by atoms with van der Waals surface area (Å²) in [6.07, 6.45) is 0. The molecule has 110 valence electrons. The lowest BCUT2D eigenvalue weighted by Gasteiger charge is -2.09. The quantitative estimate of drug-likeness (QED) is 0.502. The minimum atomic E-state index is -0.401. The molecule has 0 saturated carbocycles. The molecule has 2 rings (SSSR count). The van der Waals surface area contributed by atoms with Crippen molar-refractivity contribution in [2.45, 2.75) is 26.3 Å². The van der Waals surface area contributed by atoms with Crippen LogP contribution in [-0.2, 0) is 6.54 Å². The third-order valence-corrected chi connectivity index (χ3v) is 3.23. The number of rotatable bonds is 5. The standard InChI is InChI=1S/C14H15BrN4O2/c1-9(2)14-17-12(15)7-13(18-14)16-8-10-4-3-5-11(6-10)19(20)21/h3-7,9H,8H2,1-2H3,(H,16,17,18). The fourth-order valence-corrected chi connectivity index (χ4v) is 2.16. The van der Waals surface area contributed by atoms with Crippen LogP contribution in [0.5, 0.6) is 0 Å². The van der Waals surface area contributed by atoms with Crippen LogP contribution in [0.25, 0.3) is 0 Å².